The molecule has 0 spiro atoms. The van der Waals surface area contributed by atoms with E-state index in [0.29, 0.717) is 0 Å². The first-order valence-corrected chi connectivity index (χ1v) is 4.01. The molecule has 0 heterocycles. The molecule has 1 aliphatic rings. The molecule has 0 saturated heterocycles. The predicted molar refractivity (Wildman–Crippen MR) is 45.9 cm³/mol. The van der Waals surface area contributed by atoms with Crippen LogP contribution in [-0.4, -0.2) is 0 Å². The van der Waals surface area contributed by atoms with Crippen LogP contribution in [0.5, 0.6) is 0 Å². The number of hydrogen-bond acceptors (Lipinski definition) is 0. The van der Waals surface area contributed by atoms with Crippen molar-refractivity contribution < 1.29 is 0 Å². The fourth-order valence-corrected chi connectivity index (χ4v) is 1.53. The Bertz CT molecular complexity index is 163. The lowest BCUT2D eigenvalue weighted by Gasteiger charge is -2.20. The molecular weight excluding hydrogens is 120 g/mol. The monoisotopic (exact) mass is 136 g/mol. The fraction of sp³-hybridized carbons (Fsp3) is 0.600. The lowest BCUT2D eigenvalue weighted by Crippen LogP contribution is -2.05. The molecule has 0 unspecified atom stereocenters. The summed E-state index contributed by atoms with van der Waals surface area (Å²) >= 11 is 0. The molecule has 0 nitrogen and oxygen atoms in total. The highest BCUT2D eigenvalue weighted by atomic mass is 14.2. The van der Waals surface area contributed by atoms with Crippen LogP contribution in [0.25, 0.3) is 0 Å². The van der Waals surface area contributed by atoms with E-state index in [4.69, 9.17) is 0 Å². The van der Waals surface area contributed by atoms with Crippen molar-refractivity contribution in [2.24, 2.45) is 5.92 Å². The summed E-state index contributed by atoms with van der Waals surface area (Å²) in [6.45, 7) is 8.35. The molecular formula is C10H16. The molecule has 0 bridgehead atoms. The molecule has 0 aliphatic heterocycles. The van der Waals surface area contributed by atoms with Crippen LogP contribution >= 0.6 is 0 Å². The maximum absolute atomic E-state index is 3.99. The molecule has 0 amide bonds. The van der Waals surface area contributed by atoms with Gasteiger partial charge in [-0.1, -0.05) is 23.8 Å². The Morgan fingerprint density at radius 1 is 1.70 bits per heavy atom. The Morgan fingerprint density at radius 3 is 2.80 bits per heavy atom. The molecule has 56 valence electrons. The number of allylic oxidation sites excluding steroid dienone is 3. The third-order valence-electron chi connectivity index (χ3n) is 2.27. The lowest BCUT2D eigenvalue weighted by atomic mass is 9.85. The summed E-state index contributed by atoms with van der Waals surface area (Å²) < 4.78 is 0. The number of hydrogen-bond donors (Lipinski definition) is 0. The van der Waals surface area contributed by atoms with Crippen LogP contribution in [0, 0.1) is 5.92 Å². The highest BCUT2D eigenvalue weighted by molar-refractivity contribution is 5.10. The van der Waals surface area contributed by atoms with Gasteiger partial charge in [-0.2, -0.15) is 0 Å². The largest absolute Gasteiger partial charge is 0.0998 e. The highest BCUT2D eigenvalue weighted by Crippen LogP contribution is 2.28. The van der Waals surface area contributed by atoms with Crippen LogP contribution in [0.2, 0.25) is 0 Å². The molecule has 1 rings (SSSR count). The maximum atomic E-state index is 3.99. The Labute approximate surface area is 63.6 Å². The Kier molecular flexibility index (Phi) is 2.31. The van der Waals surface area contributed by atoms with Crippen molar-refractivity contribution in [2.75, 3.05) is 0 Å². The topological polar surface area (TPSA) is 0 Å². The Morgan fingerprint density at radius 2 is 2.40 bits per heavy atom. The Hall–Kier alpha value is -0.520. The van der Waals surface area contributed by atoms with E-state index >= 15 is 0 Å². The van der Waals surface area contributed by atoms with Gasteiger partial charge in [-0.3, -0.25) is 0 Å². The minimum Gasteiger partial charge on any atom is -0.0998 e. The summed E-state index contributed by atoms with van der Waals surface area (Å²) in [7, 11) is 0. The average molecular weight is 136 g/mol. The van der Waals surface area contributed by atoms with Crippen molar-refractivity contribution in [1.29, 1.82) is 0 Å². The first-order valence-electron chi connectivity index (χ1n) is 4.01. The van der Waals surface area contributed by atoms with E-state index in [-0.39, 0.29) is 0 Å². The standard InChI is InChI=1S/C10H16/c1-8(2)10-6-4-5-9(3)7-10/h5,10H,1,4,6-7H2,2-3H3/t10-/m0/s1. The first kappa shape index (κ1) is 7.59. The molecule has 0 radical (unpaired) electrons. The molecule has 0 aromatic carbocycles. The van der Waals surface area contributed by atoms with Crippen LogP contribution in [0.15, 0.2) is 23.8 Å². The highest BCUT2D eigenvalue weighted by Gasteiger charge is 2.12. The van der Waals surface area contributed by atoms with Gasteiger partial charge in [-0.05, 0) is 39.0 Å². The van der Waals surface area contributed by atoms with Crippen LogP contribution in [0.4, 0.5) is 0 Å². The van der Waals surface area contributed by atoms with Crippen molar-refractivity contribution in [1.82, 2.24) is 0 Å². The van der Waals surface area contributed by atoms with Gasteiger partial charge in [-0.25, -0.2) is 0 Å². The fourth-order valence-electron chi connectivity index (χ4n) is 1.53. The lowest BCUT2D eigenvalue weighted by molar-refractivity contribution is 0.536. The SMILES string of the molecule is C=C(C)[C@H]1CCC=C(C)C1. The van der Waals surface area contributed by atoms with Crippen LogP contribution in [0.3, 0.4) is 0 Å². The third kappa shape index (κ3) is 1.73. The van der Waals surface area contributed by atoms with Crippen molar-refractivity contribution >= 4 is 0 Å². The van der Waals surface area contributed by atoms with Crippen LogP contribution < -0.4 is 0 Å². The van der Waals surface area contributed by atoms with E-state index in [0.717, 1.165) is 5.92 Å². The molecule has 0 aromatic rings. The summed E-state index contributed by atoms with van der Waals surface area (Å²) in [4.78, 5) is 0. The second-order valence-corrected chi connectivity index (χ2v) is 3.38. The van der Waals surface area contributed by atoms with Gasteiger partial charge in [0, 0.05) is 0 Å². The van der Waals surface area contributed by atoms with Gasteiger partial charge in [0.05, 0.1) is 0 Å². The second-order valence-electron chi connectivity index (χ2n) is 3.38. The van der Waals surface area contributed by atoms with Gasteiger partial charge in [0.1, 0.15) is 0 Å². The maximum Gasteiger partial charge on any atom is -0.0169 e. The normalized spacial score (nSPS) is 25.8. The van der Waals surface area contributed by atoms with Crippen molar-refractivity contribution in [3.63, 3.8) is 0 Å². The van der Waals surface area contributed by atoms with E-state index in [9.17, 15) is 0 Å². The molecule has 0 aromatic heterocycles. The zero-order chi connectivity index (χ0) is 7.56. The van der Waals surface area contributed by atoms with E-state index in [1.54, 1.807) is 5.57 Å². The number of rotatable bonds is 1. The Balaban J connectivity index is 2.53. The zero-order valence-corrected chi connectivity index (χ0v) is 6.98. The van der Waals surface area contributed by atoms with E-state index in [1.807, 2.05) is 0 Å². The second kappa shape index (κ2) is 3.05. The van der Waals surface area contributed by atoms with E-state index in [1.165, 1.54) is 24.8 Å². The van der Waals surface area contributed by atoms with Crippen LogP contribution in [-0.2, 0) is 0 Å². The van der Waals surface area contributed by atoms with Gasteiger partial charge in [0.15, 0.2) is 0 Å². The summed E-state index contributed by atoms with van der Waals surface area (Å²) in [5, 5.41) is 0. The summed E-state index contributed by atoms with van der Waals surface area (Å²) in [6.07, 6.45) is 6.16. The van der Waals surface area contributed by atoms with Gasteiger partial charge in [-0.15, -0.1) is 0 Å². The quantitative estimate of drug-likeness (QED) is 0.485. The molecule has 0 fully saturated rings. The van der Waals surface area contributed by atoms with Gasteiger partial charge < -0.3 is 0 Å². The summed E-state index contributed by atoms with van der Waals surface area (Å²) in [5.74, 6) is 0.769. The van der Waals surface area contributed by atoms with Gasteiger partial charge >= 0.3 is 0 Å². The van der Waals surface area contributed by atoms with Gasteiger partial charge in [0.25, 0.3) is 0 Å². The molecule has 10 heavy (non-hydrogen) atoms. The van der Waals surface area contributed by atoms with Crippen LogP contribution in [0.1, 0.15) is 33.1 Å². The molecule has 0 saturated carbocycles. The zero-order valence-electron chi connectivity index (χ0n) is 6.98. The van der Waals surface area contributed by atoms with Crippen molar-refractivity contribution in [2.45, 2.75) is 33.1 Å². The molecule has 0 heteroatoms. The first-order chi connectivity index (χ1) is 4.70. The van der Waals surface area contributed by atoms with Crippen molar-refractivity contribution in [3.8, 4) is 0 Å². The molecule has 1 aliphatic carbocycles. The predicted octanol–water partition coefficient (Wildman–Crippen LogP) is 3.31. The van der Waals surface area contributed by atoms with Gasteiger partial charge in [0.2, 0.25) is 0 Å². The summed E-state index contributed by atoms with van der Waals surface area (Å²) in [5.41, 5.74) is 2.90. The molecule has 1 atom stereocenters. The molecule has 0 N–H and O–H groups in total. The minimum absolute atomic E-state index is 0.769. The summed E-state index contributed by atoms with van der Waals surface area (Å²) in [6, 6.07) is 0. The smallest absolute Gasteiger partial charge is 0.0169 e. The minimum atomic E-state index is 0.769. The van der Waals surface area contributed by atoms with E-state index < -0.39 is 0 Å². The van der Waals surface area contributed by atoms with Crippen molar-refractivity contribution in [3.05, 3.63) is 23.8 Å². The third-order valence-corrected chi connectivity index (χ3v) is 2.27. The van der Waals surface area contributed by atoms with E-state index in [2.05, 4.69) is 26.5 Å². The average Bonchev–Trinajstić information content (AvgIpc) is 1.88.